The Bertz CT molecular complexity index is 898. The van der Waals surface area contributed by atoms with E-state index in [1.165, 1.54) is 5.56 Å². The lowest BCUT2D eigenvalue weighted by Crippen LogP contribution is -2.22. The van der Waals surface area contributed by atoms with Crippen molar-refractivity contribution in [3.63, 3.8) is 0 Å². The fraction of sp³-hybridized carbons (Fsp3) is 0.280. The van der Waals surface area contributed by atoms with E-state index in [-0.39, 0.29) is 4.75 Å². The van der Waals surface area contributed by atoms with Gasteiger partial charge in [-0.3, -0.25) is 0 Å². The van der Waals surface area contributed by atoms with Crippen LogP contribution in [0, 0.1) is 0 Å². The van der Waals surface area contributed by atoms with Crippen molar-refractivity contribution in [3.8, 4) is 0 Å². The number of aliphatic hydroxyl groups is 1. The minimum absolute atomic E-state index is 0.178. The van der Waals surface area contributed by atoms with Crippen molar-refractivity contribution in [3.05, 3.63) is 95.6 Å². The summed E-state index contributed by atoms with van der Waals surface area (Å²) < 4.78 is 3.57. The van der Waals surface area contributed by atoms with E-state index >= 15 is 0 Å². The first-order valence-corrected chi connectivity index (χ1v) is 10.7. The Morgan fingerprint density at radius 3 is 1.86 bits per heavy atom. The van der Waals surface area contributed by atoms with Gasteiger partial charge in [-0.15, -0.1) is 0 Å². The Morgan fingerprint density at radius 1 is 0.724 bits per heavy atom. The number of hydrogen-bond acceptors (Lipinski definition) is 4. The first-order valence-electron chi connectivity index (χ1n) is 9.89. The minimum atomic E-state index is -1.01. The van der Waals surface area contributed by atoms with Crippen molar-refractivity contribution in [2.75, 3.05) is 10.0 Å². The smallest absolute Gasteiger partial charge is 0.112 e. The zero-order valence-electron chi connectivity index (χ0n) is 17.6. The van der Waals surface area contributed by atoms with Gasteiger partial charge in [0.2, 0.25) is 0 Å². The van der Waals surface area contributed by atoms with E-state index in [9.17, 15) is 5.11 Å². The molecule has 3 N–H and O–H groups in total. The first-order chi connectivity index (χ1) is 13.7. The molecule has 3 nitrogen and oxygen atoms in total. The molecule has 0 saturated carbocycles. The SMILES string of the molecule is CC(C)(C)SNc1ccc(CNc2ccc(C(C)(O)c3ccccc3)cc2)cc1. The van der Waals surface area contributed by atoms with Gasteiger partial charge >= 0.3 is 0 Å². The van der Waals surface area contributed by atoms with Crippen LogP contribution in [0.4, 0.5) is 11.4 Å². The average Bonchev–Trinajstić information content (AvgIpc) is 2.72. The molecule has 0 aliphatic heterocycles. The van der Waals surface area contributed by atoms with Crippen molar-refractivity contribution in [1.29, 1.82) is 0 Å². The molecule has 3 rings (SSSR count). The molecule has 29 heavy (non-hydrogen) atoms. The van der Waals surface area contributed by atoms with Gasteiger partial charge in [0, 0.05) is 22.7 Å². The van der Waals surface area contributed by atoms with Crippen LogP contribution in [0.3, 0.4) is 0 Å². The van der Waals surface area contributed by atoms with Crippen molar-refractivity contribution in [2.24, 2.45) is 0 Å². The third-order valence-corrected chi connectivity index (χ3v) is 5.66. The molecule has 0 aliphatic rings. The van der Waals surface area contributed by atoms with E-state index in [1.54, 1.807) is 11.9 Å². The van der Waals surface area contributed by atoms with E-state index in [0.717, 1.165) is 29.0 Å². The number of hydrogen-bond donors (Lipinski definition) is 3. The van der Waals surface area contributed by atoms with E-state index in [0.29, 0.717) is 0 Å². The van der Waals surface area contributed by atoms with Crippen LogP contribution in [-0.4, -0.2) is 9.85 Å². The summed E-state index contributed by atoms with van der Waals surface area (Å²) in [5.41, 5.74) is 4.12. The van der Waals surface area contributed by atoms with Gasteiger partial charge in [0.25, 0.3) is 0 Å². The van der Waals surface area contributed by atoms with Crippen LogP contribution in [0.2, 0.25) is 0 Å². The van der Waals surface area contributed by atoms with Crippen LogP contribution < -0.4 is 10.0 Å². The summed E-state index contributed by atoms with van der Waals surface area (Å²) in [5.74, 6) is 0. The molecule has 0 saturated heterocycles. The van der Waals surface area contributed by atoms with E-state index in [1.807, 2.05) is 61.5 Å². The molecule has 0 aliphatic carbocycles. The van der Waals surface area contributed by atoms with E-state index in [2.05, 4.69) is 55.1 Å². The summed E-state index contributed by atoms with van der Waals surface area (Å²) in [5, 5.41) is 14.4. The number of benzene rings is 3. The fourth-order valence-corrected chi connectivity index (χ4v) is 3.51. The lowest BCUT2D eigenvalue weighted by Gasteiger charge is -2.24. The van der Waals surface area contributed by atoms with Crippen LogP contribution in [0.15, 0.2) is 78.9 Å². The summed E-state index contributed by atoms with van der Waals surface area (Å²) in [6.45, 7) is 9.15. The number of rotatable bonds is 7. The maximum atomic E-state index is 10.9. The molecule has 0 heterocycles. The van der Waals surface area contributed by atoms with Gasteiger partial charge in [-0.05, 0) is 80.6 Å². The monoisotopic (exact) mass is 406 g/mol. The minimum Gasteiger partial charge on any atom is -0.381 e. The van der Waals surface area contributed by atoms with Gasteiger partial charge in [-0.25, -0.2) is 0 Å². The summed E-state index contributed by atoms with van der Waals surface area (Å²) in [7, 11) is 0. The van der Waals surface area contributed by atoms with E-state index in [4.69, 9.17) is 0 Å². The number of nitrogens with one attached hydrogen (secondary N) is 2. The Labute approximate surface area is 178 Å². The summed E-state index contributed by atoms with van der Waals surface area (Å²) >= 11 is 1.72. The van der Waals surface area contributed by atoms with Crippen LogP contribution >= 0.6 is 11.9 Å². The Morgan fingerprint density at radius 2 is 1.28 bits per heavy atom. The molecule has 0 aromatic heterocycles. The molecule has 0 bridgehead atoms. The van der Waals surface area contributed by atoms with Crippen LogP contribution in [0.25, 0.3) is 0 Å². The van der Waals surface area contributed by atoms with Gasteiger partial charge in [-0.2, -0.15) is 0 Å². The molecule has 1 unspecified atom stereocenters. The highest BCUT2D eigenvalue weighted by molar-refractivity contribution is 8.01. The highest BCUT2D eigenvalue weighted by atomic mass is 32.2. The molecule has 152 valence electrons. The zero-order chi connectivity index (χ0) is 20.9. The van der Waals surface area contributed by atoms with E-state index < -0.39 is 5.60 Å². The quantitative estimate of drug-likeness (QED) is 0.397. The fourth-order valence-electron chi connectivity index (χ4n) is 2.95. The maximum absolute atomic E-state index is 10.9. The Hall–Kier alpha value is -2.43. The van der Waals surface area contributed by atoms with Gasteiger partial charge in [0.15, 0.2) is 0 Å². The predicted octanol–water partition coefficient (Wildman–Crippen LogP) is 6.41. The van der Waals surface area contributed by atoms with Crippen LogP contribution in [-0.2, 0) is 12.1 Å². The second kappa shape index (κ2) is 8.93. The lowest BCUT2D eigenvalue weighted by atomic mass is 9.88. The second-order valence-electron chi connectivity index (χ2n) is 8.38. The molecule has 0 radical (unpaired) electrons. The van der Waals surface area contributed by atoms with Gasteiger partial charge in [0.05, 0.1) is 0 Å². The molecule has 0 spiro atoms. The summed E-state index contributed by atoms with van der Waals surface area (Å²) in [6.07, 6.45) is 0. The van der Waals surface area contributed by atoms with Crippen molar-refractivity contribution in [2.45, 2.75) is 44.6 Å². The van der Waals surface area contributed by atoms with Crippen LogP contribution in [0.5, 0.6) is 0 Å². The van der Waals surface area contributed by atoms with Gasteiger partial charge in [0.1, 0.15) is 5.60 Å². The third-order valence-electron chi connectivity index (χ3n) is 4.71. The maximum Gasteiger partial charge on any atom is 0.112 e. The normalized spacial score (nSPS) is 13.6. The molecule has 3 aromatic rings. The topological polar surface area (TPSA) is 44.3 Å². The first kappa shape index (κ1) is 21.3. The van der Waals surface area contributed by atoms with Gasteiger partial charge in [-0.1, -0.05) is 54.6 Å². The molecule has 1 atom stereocenters. The molecule has 3 aromatic carbocycles. The molecular weight excluding hydrogens is 376 g/mol. The molecule has 0 fully saturated rings. The third kappa shape index (κ3) is 6.02. The zero-order valence-corrected chi connectivity index (χ0v) is 18.4. The van der Waals surface area contributed by atoms with Gasteiger partial charge < -0.3 is 15.1 Å². The standard InChI is InChI=1S/C25H30N2OS/c1-24(2,3)29-27-23-14-10-19(11-15-23)18-26-22-16-12-21(13-17-22)25(4,28)20-8-6-5-7-9-20/h5-17,26-28H,18H2,1-4H3. The highest BCUT2D eigenvalue weighted by Gasteiger charge is 2.24. The van der Waals surface area contributed by atoms with Crippen molar-refractivity contribution < 1.29 is 5.11 Å². The summed E-state index contributed by atoms with van der Waals surface area (Å²) in [6, 6.07) is 26.2. The Kier molecular flexibility index (Phi) is 6.56. The molecule has 0 amide bonds. The van der Waals surface area contributed by atoms with Crippen molar-refractivity contribution >= 4 is 23.3 Å². The average molecular weight is 407 g/mol. The molecule has 4 heteroatoms. The van der Waals surface area contributed by atoms with Crippen molar-refractivity contribution in [1.82, 2.24) is 0 Å². The number of anilines is 2. The van der Waals surface area contributed by atoms with Crippen LogP contribution in [0.1, 0.15) is 44.4 Å². The lowest BCUT2D eigenvalue weighted by molar-refractivity contribution is 0.102. The highest BCUT2D eigenvalue weighted by Crippen LogP contribution is 2.30. The summed E-state index contributed by atoms with van der Waals surface area (Å²) in [4.78, 5) is 0. The largest absolute Gasteiger partial charge is 0.381 e. The Balaban J connectivity index is 1.58. The molecular formula is C25H30N2OS. The predicted molar refractivity (Wildman–Crippen MR) is 126 cm³/mol. The second-order valence-corrected chi connectivity index (χ2v) is 10.0.